The highest BCUT2D eigenvalue weighted by Gasteiger charge is 2.09. The molecule has 1 heterocycles. The van der Waals surface area contributed by atoms with Crippen molar-refractivity contribution in [1.82, 2.24) is 4.98 Å². The van der Waals surface area contributed by atoms with Gasteiger partial charge in [-0.3, -0.25) is 0 Å². The van der Waals surface area contributed by atoms with Gasteiger partial charge in [0, 0.05) is 10.9 Å². The number of ether oxygens (including phenoxy) is 1. The minimum absolute atomic E-state index is 0.317. The highest BCUT2D eigenvalue weighted by atomic mass is 32.1. The summed E-state index contributed by atoms with van der Waals surface area (Å²) in [6, 6.07) is 7.37. The summed E-state index contributed by atoms with van der Waals surface area (Å²) in [7, 11) is 1.39. The molecule has 0 saturated carbocycles. The van der Waals surface area contributed by atoms with E-state index in [0.29, 0.717) is 5.56 Å². The third-order valence-electron chi connectivity index (χ3n) is 2.59. The lowest BCUT2D eigenvalue weighted by Crippen LogP contribution is -2.00. The first-order valence-electron chi connectivity index (χ1n) is 5.87. The Morgan fingerprint density at radius 2 is 2.28 bits per heavy atom. The van der Waals surface area contributed by atoms with E-state index in [1.54, 1.807) is 17.4 Å². The molecular formula is C14H15NO2S. The van der Waals surface area contributed by atoms with E-state index < -0.39 is 0 Å². The molecule has 0 radical (unpaired) electrons. The van der Waals surface area contributed by atoms with Crippen LogP contribution in [0.1, 0.15) is 29.4 Å². The highest BCUT2D eigenvalue weighted by molar-refractivity contribution is 7.13. The van der Waals surface area contributed by atoms with E-state index in [1.807, 2.05) is 18.2 Å². The van der Waals surface area contributed by atoms with Gasteiger partial charge >= 0.3 is 5.97 Å². The Kier molecular flexibility index (Phi) is 4.10. The molecule has 0 aliphatic rings. The van der Waals surface area contributed by atoms with Crippen LogP contribution in [0.4, 0.5) is 0 Å². The average Bonchev–Trinajstić information content (AvgIpc) is 2.87. The van der Waals surface area contributed by atoms with Crippen LogP contribution in [-0.4, -0.2) is 18.1 Å². The van der Waals surface area contributed by atoms with Gasteiger partial charge in [-0.25, -0.2) is 9.78 Å². The quantitative estimate of drug-likeness (QED) is 0.790. The van der Waals surface area contributed by atoms with Gasteiger partial charge in [-0.05, 0) is 18.6 Å². The summed E-state index contributed by atoms with van der Waals surface area (Å²) in [5.41, 5.74) is 2.63. The lowest BCUT2D eigenvalue weighted by atomic mass is 10.1. The molecule has 3 nitrogen and oxygen atoms in total. The van der Waals surface area contributed by atoms with Crippen LogP contribution in [0.2, 0.25) is 0 Å². The summed E-state index contributed by atoms with van der Waals surface area (Å²) >= 11 is 1.61. The van der Waals surface area contributed by atoms with Gasteiger partial charge in [0.25, 0.3) is 0 Å². The highest BCUT2D eigenvalue weighted by Crippen LogP contribution is 2.25. The number of esters is 1. The van der Waals surface area contributed by atoms with E-state index in [9.17, 15) is 4.79 Å². The largest absolute Gasteiger partial charge is 0.465 e. The summed E-state index contributed by atoms with van der Waals surface area (Å²) in [5, 5.41) is 3.02. The summed E-state index contributed by atoms with van der Waals surface area (Å²) in [5.74, 6) is -0.317. The Bertz CT molecular complexity index is 548. The zero-order valence-electron chi connectivity index (χ0n) is 10.5. The molecule has 0 N–H and O–H groups in total. The molecule has 0 aliphatic heterocycles. The first kappa shape index (κ1) is 12.8. The molecule has 2 aromatic rings. The maximum Gasteiger partial charge on any atom is 0.337 e. The van der Waals surface area contributed by atoms with Crippen molar-refractivity contribution in [3.05, 3.63) is 40.9 Å². The van der Waals surface area contributed by atoms with Gasteiger partial charge in [-0.15, -0.1) is 11.3 Å². The SMILES string of the molecule is CCCc1csc(-c2cccc(C(=O)OC)c2)n1. The van der Waals surface area contributed by atoms with Crippen LogP contribution in [0.3, 0.4) is 0 Å². The van der Waals surface area contributed by atoms with Gasteiger partial charge < -0.3 is 4.74 Å². The van der Waals surface area contributed by atoms with Gasteiger partial charge in [0.2, 0.25) is 0 Å². The van der Waals surface area contributed by atoms with Crippen molar-refractivity contribution in [2.75, 3.05) is 7.11 Å². The molecule has 0 bridgehead atoms. The van der Waals surface area contributed by atoms with Crippen molar-refractivity contribution in [3.63, 3.8) is 0 Å². The zero-order chi connectivity index (χ0) is 13.0. The maximum atomic E-state index is 11.5. The molecule has 0 amide bonds. The van der Waals surface area contributed by atoms with Crippen molar-refractivity contribution in [2.24, 2.45) is 0 Å². The third kappa shape index (κ3) is 2.76. The minimum Gasteiger partial charge on any atom is -0.465 e. The molecular weight excluding hydrogens is 246 g/mol. The van der Waals surface area contributed by atoms with Crippen LogP contribution in [0.25, 0.3) is 10.6 Å². The predicted molar refractivity (Wildman–Crippen MR) is 72.9 cm³/mol. The first-order chi connectivity index (χ1) is 8.74. The van der Waals surface area contributed by atoms with Gasteiger partial charge in [-0.2, -0.15) is 0 Å². The predicted octanol–water partition coefficient (Wildman–Crippen LogP) is 3.55. The summed E-state index contributed by atoms with van der Waals surface area (Å²) < 4.78 is 4.71. The Morgan fingerprint density at radius 3 is 3.00 bits per heavy atom. The average molecular weight is 261 g/mol. The van der Waals surface area contributed by atoms with E-state index in [1.165, 1.54) is 7.11 Å². The fourth-order valence-corrected chi connectivity index (χ4v) is 2.56. The molecule has 0 fully saturated rings. The Labute approximate surface area is 110 Å². The summed E-state index contributed by atoms with van der Waals surface area (Å²) in [6.07, 6.45) is 2.08. The second-order valence-corrected chi connectivity index (χ2v) is 4.82. The van der Waals surface area contributed by atoms with Crippen LogP contribution in [0.5, 0.6) is 0 Å². The maximum absolute atomic E-state index is 11.5. The topological polar surface area (TPSA) is 39.2 Å². The number of rotatable bonds is 4. The number of hydrogen-bond acceptors (Lipinski definition) is 4. The molecule has 0 saturated heterocycles. The number of thiazole rings is 1. The zero-order valence-corrected chi connectivity index (χ0v) is 11.3. The normalized spacial score (nSPS) is 10.3. The van der Waals surface area contributed by atoms with E-state index in [-0.39, 0.29) is 5.97 Å². The molecule has 1 aromatic heterocycles. The van der Waals surface area contributed by atoms with Crippen LogP contribution in [0, 0.1) is 0 Å². The number of hydrogen-bond donors (Lipinski definition) is 0. The fourth-order valence-electron chi connectivity index (χ4n) is 1.71. The Hall–Kier alpha value is -1.68. The van der Waals surface area contributed by atoms with E-state index >= 15 is 0 Å². The summed E-state index contributed by atoms with van der Waals surface area (Å²) in [6.45, 7) is 2.14. The van der Waals surface area contributed by atoms with Crippen molar-refractivity contribution >= 4 is 17.3 Å². The molecule has 94 valence electrons. The molecule has 0 unspecified atom stereocenters. The van der Waals surface area contributed by atoms with Gasteiger partial charge in [0.15, 0.2) is 0 Å². The van der Waals surface area contributed by atoms with Gasteiger partial charge in [0.1, 0.15) is 5.01 Å². The molecule has 0 aliphatic carbocycles. The number of carbonyl (C=O) groups excluding carboxylic acids is 1. The molecule has 4 heteroatoms. The fraction of sp³-hybridized carbons (Fsp3) is 0.286. The molecule has 18 heavy (non-hydrogen) atoms. The molecule has 1 aromatic carbocycles. The van der Waals surface area contributed by atoms with Gasteiger partial charge in [-0.1, -0.05) is 25.5 Å². The van der Waals surface area contributed by atoms with Crippen LogP contribution in [0.15, 0.2) is 29.6 Å². The summed E-state index contributed by atoms with van der Waals surface area (Å²) in [4.78, 5) is 16.0. The standard InChI is InChI=1S/C14H15NO2S/c1-3-5-12-9-18-13(15-12)10-6-4-7-11(8-10)14(16)17-2/h4,6-9H,3,5H2,1-2H3. The number of methoxy groups -OCH3 is 1. The second-order valence-electron chi connectivity index (χ2n) is 3.97. The molecule has 0 atom stereocenters. The monoisotopic (exact) mass is 261 g/mol. The minimum atomic E-state index is -0.317. The van der Waals surface area contributed by atoms with Crippen molar-refractivity contribution in [1.29, 1.82) is 0 Å². The van der Waals surface area contributed by atoms with Crippen molar-refractivity contribution in [3.8, 4) is 10.6 Å². The van der Waals surface area contributed by atoms with Gasteiger partial charge in [0.05, 0.1) is 18.4 Å². The second kappa shape index (κ2) is 5.78. The lowest BCUT2D eigenvalue weighted by molar-refractivity contribution is 0.0601. The smallest absolute Gasteiger partial charge is 0.337 e. The first-order valence-corrected chi connectivity index (χ1v) is 6.75. The van der Waals surface area contributed by atoms with E-state index in [2.05, 4.69) is 17.3 Å². The van der Waals surface area contributed by atoms with Crippen LogP contribution in [-0.2, 0) is 11.2 Å². The van der Waals surface area contributed by atoms with E-state index in [4.69, 9.17) is 4.74 Å². The van der Waals surface area contributed by atoms with Crippen molar-refractivity contribution in [2.45, 2.75) is 19.8 Å². The number of aryl methyl sites for hydroxylation is 1. The van der Waals surface area contributed by atoms with E-state index in [0.717, 1.165) is 29.1 Å². The number of nitrogens with zero attached hydrogens (tertiary/aromatic N) is 1. The Morgan fingerprint density at radius 1 is 1.44 bits per heavy atom. The van der Waals surface area contributed by atoms with Crippen LogP contribution >= 0.6 is 11.3 Å². The molecule has 2 rings (SSSR count). The van der Waals surface area contributed by atoms with Crippen LogP contribution < -0.4 is 0 Å². The lowest BCUT2D eigenvalue weighted by Gasteiger charge is -2.01. The number of aromatic nitrogens is 1. The third-order valence-corrected chi connectivity index (χ3v) is 3.53. The number of carbonyl (C=O) groups is 1. The number of benzene rings is 1. The Balaban J connectivity index is 2.29. The molecule has 0 spiro atoms. The van der Waals surface area contributed by atoms with Crippen molar-refractivity contribution < 1.29 is 9.53 Å².